The normalized spacial score (nSPS) is 17.7. The Morgan fingerprint density at radius 1 is 1.11 bits per heavy atom. The molecule has 0 bridgehead atoms. The van der Waals surface area contributed by atoms with E-state index in [-0.39, 0.29) is 17.1 Å². The van der Waals surface area contributed by atoms with Gasteiger partial charge < -0.3 is 0 Å². The topological polar surface area (TPSA) is 108 Å². The Balaban J connectivity index is 1.61. The lowest BCUT2D eigenvalue weighted by Gasteiger charge is -2.31. The number of aryl methyl sites for hydroxylation is 1. The van der Waals surface area contributed by atoms with Crippen molar-refractivity contribution in [1.82, 2.24) is 20.1 Å². The van der Waals surface area contributed by atoms with E-state index in [4.69, 9.17) is 0 Å². The van der Waals surface area contributed by atoms with Crippen LogP contribution in [0, 0.1) is 12.8 Å². The van der Waals surface area contributed by atoms with Gasteiger partial charge in [-0.05, 0) is 44.0 Å². The molecule has 2 aromatic rings. The van der Waals surface area contributed by atoms with Gasteiger partial charge in [0.2, 0.25) is 15.9 Å². The number of hydrazine groups is 1. The fourth-order valence-electron chi connectivity index (χ4n) is 3.02. The molecule has 1 fully saturated rings. The summed E-state index contributed by atoms with van der Waals surface area (Å²) in [6.45, 7) is 2.32. The maximum Gasteiger partial charge on any atom is 0.288 e. The summed E-state index contributed by atoms with van der Waals surface area (Å²) in [6.07, 6.45) is 2.59. The quantitative estimate of drug-likeness (QED) is 0.749. The number of nitrogens with zero attached hydrogens (tertiary/aromatic N) is 2. The molecule has 1 aliphatic rings. The molecular formula is C19H22N4O4S. The van der Waals surface area contributed by atoms with Crippen LogP contribution < -0.4 is 10.9 Å². The van der Waals surface area contributed by atoms with Gasteiger partial charge in [-0.2, -0.15) is 4.31 Å². The molecule has 3 rings (SSSR count). The molecule has 1 saturated heterocycles. The van der Waals surface area contributed by atoms with Crippen molar-refractivity contribution in [3.05, 3.63) is 59.9 Å². The monoisotopic (exact) mass is 402 g/mol. The maximum atomic E-state index is 12.8. The molecule has 0 aliphatic carbocycles. The number of carbonyl (C=O) groups is 2. The fourth-order valence-corrected chi connectivity index (χ4v) is 4.54. The highest BCUT2D eigenvalue weighted by Gasteiger charge is 2.33. The Labute approximate surface area is 164 Å². The molecule has 148 valence electrons. The lowest BCUT2D eigenvalue weighted by molar-refractivity contribution is -0.126. The number of piperidine rings is 1. The van der Waals surface area contributed by atoms with E-state index in [9.17, 15) is 18.0 Å². The van der Waals surface area contributed by atoms with Crippen LogP contribution in [0.25, 0.3) is 0 Å². The predicted octanol–water partition coefficient (Wildman–Crippen LogP) is 1.25. The highest BCUT2D eigenvalue weighted by molar-refractivity contribution is 7.89. The van der Waals surface area contributed by atoms with Crippen LogP contribution in [0.5, 0.6) is 0 Å². The van der Waals surface area contributed by atoms with Crippen molar-refractivity contribution in [2.24, 2.45) is 5.92 Å². The van der Waals surface area contributed by atoms with Crippen molar-refractivity contribution in [1.29, 1.82) is 0 Å². The van der Waals surface area contributed by atoms with Crippen molar-refractivity contribution >= 4 is 21.8 Å². The van der Waals surface area contributed by atoms with Crippen LogP contribution in [0.1, 0.15) is 28.9 Å². The molecule has 2 N–H and O–H groups in total. The third kappa shape index (κ3) is 4.55. The van der Waals surface area contributed by atoms with Gasteiger partial charge in [0, 0.05) is 19.3 Å². The molecule has 1 aromatic carbocycles. The molecule has 1 aromatic heterocycles. The molecule has 0 radical (unpaired) electrons. The first kappa shape index (κ1) is 20.0. The smallest absolute Gasteiger partial charge is 0.273 e. The summed E-state index contributed by atoms with van der Waals surface area (Å²) < 4.78 is 27.0. The van der Waals surface area contributed by atoms with Crippen molar-refractivity contribution < 1.29 is 18.0 Å². The molecule has 0 saturated carbocycles. The minimum atomic E-state index is -3.66. The van der Waals surface area contributed by atoms with Crippen LogP contribution >= 0.6 is 0 Å². The first-order valence-electron chi connectivity index (χ1n) is 8.96. The molecule has 2 heterocycles. The zero-order chi connectivity index (χ0) is 20.1. The Kier molecular flexibility index (Phi) is 6.05. The number of hydrogen-bond acceptors (Lipinski definition) is 5. The Morgan fingerprint density at radius 2 is 1.86 bits per heavy atom. The molecule has 0 spiro atoms. The SMILES string of the molecule is Cc1ccc(S(=O)(=O)N2CCC[C@H](C(=O)NNC(=O)c3ccccn3)C2)cc1. The number of rotatable bonds is 4. The molecular weight excluding hydrogens is 380 g/mol. The minimum absolute atomic E-state index is 0.0709. The van der Waals surface area contributed by atoms with Gasteiger partial charge in [-0.15, -0.1) is 0 Å². The predicted molar refractivity (Wildman–Crippen MR) is 103 cm³/mol. The number of benzene rings is 1. The summed E-state index contributed by atoms with van der Waals surface area (Å²) in [5.74, 6) is -1.50. The van der Waals surface area contributed by atoms with E-state index in [1.165, 1.54) is 16.6 Å². The molecule has 8 nitrogen and oxygen atoms in total. The van der Waals surface area contributed by atoms with Gasteiger partial charge in [0.1, 0.15) is 5.69 Å². The zero-order valence-electron chi connectivity index (χ0n) is 15.5. The highest BCUT2D eigenvalue weighted by atomic mass is 32.2. The van der Waals surface area contributed by atoms with E-state index < -0.39 is 27.8 Å². The number of hydrogen-bond donors (Lipinski definition) is 2. The van der Waals surface area contributed by atoms with Crippen LogP contribution in [0.2, 0.25) is 0 Å². The van der Waals surface area contributed by atoms with Gasteiger partial charge in [0.05, 0.1) is 10.8 Å². The van der Waals surface area contributed by atoms with Gasteiger partial charge in [-0.1, -0.05) is 23.8 Å². The number of pyridine rings is 1. The number of carbonyl (C=O) groups excluding carboxylic acids is 2. The van der Waals surface area contributed by atoms with Gasteiger partial charge >= 0.3 is 0 Å². The summed E-state index contributed by atoms with van der Waals surface area (Å²) >= 11 is 0. The number of aromatic nitrogens is 1. The molecule has 1 atom stereocenters. The largest absolute Gasteiger partial charge is 0.288 e. The van der Waals surface area contributed by atoms with Crippen LogP contribution in [0.15, 0.2) is 53.6 Å². The lowest BCUT2D eigenvalue weighted by Crippen LogP contribution is -2.50. The second-order valence-electron chi connectivity index (χ2n) is 6.67. The van der Waals surface area contributed by atoms with Crippen LogP contribution in [-0.2, 0) is 14.8 Å². The van der Waals surface area contributed by atoms with Crippen LogP contribution in [0.3, 0.4) is 0 Å². The second-order valence-corrected chi connectivity index (χ2v) is 8.61. The Bertz CT molecular complexity index is 946. The number of nitrogens with one attached hydrogen (secondary N) is 2. The molecule has 9 heteroatoms. The van der Waals surface area contributed by atoms with Crippen molar-refractivity contribution in [3.63, 3.8) is 0 Å². The van der Waals surface area contributed by atoms with Crippen molar-refractivity contribution in [2.75, 3.05) is 13.1 Å². The Hall–Kier alpha value is -2.78. The average molecular weight is 402 g/mol. The van der Waals surface area contributed by atoms with Gasteiger partial charge in [-0.3, -0.25) is 25.4 Å². The Morgan fingerprint density at radius 3 is 2.54 bits per heavy atom. The zero-order valence-corrected chi connectivity index (χ0v) is 16.3. The summed E-state index contributed by atoms with van der Waals surface area (Å²) in [4.78, 5) is 28.5. The highest BCUT2D eigenvalue weighted by Crippen LogP contribution is 2.24. The molecule has 1 aliphatic heterocycles. The summed E-state index contributed by atoms with van der Waals surface area (Å²) in [6, 6.07) is 11.5. The molecule has 2 amide bonds. The number of sulfonamides is 1. The van der Waals surface area contributed by atoms with Crippen molar-refractivity contribution in [3.8, 4) is 0 Å². The third-order valence-corrected chi connectivity index (χ3v) is 6.49. The van der Waals surface area contributed by atoms with Crippen LogP contribution in [0.4, 0.5) is 0 Å². The maximum absolute atomic E-state index is 12.8. The lowest BCUT2D eigenvalue weighted by atomic mass is 9.99. The van der Waals surface area contributed by atoms with Gasteiger partial charge in [-0.25, -0.2) is 8.42 Å². The first-order chi connectivity index (χ1) is 13.4. The van der Waals surface area contributed by atoms with Crippen LogP contribution in [-0.4, -0.2) is 42.6 Å². The fraction of sp³-hybridized carbons (Fsp3) is 0.316. The van der Waals surface area contributed by atoms with Gasteiger partial charge in [0.25, 0.3) is 5.91 Å². The van der Waals surface area contributed by atoms with E-state index in [2.05, 4.69) is 15.8 Å². The van der Waals surface area contributed by atoms with E-state index in [1.807, 2.05) is 6.92 Å². The van der Waals surface area contributed by atoms with Crippen molar-refractivity contribution in [2.45, 2.75) is 24.7 Å². The van der Waals surface area contributed by atoms with Gasteiger partial charge in [0.15, 0.2) is 0 Å². The third-order valence-electron chi connectivity index (χ3n) is 4.61. The molecule has 28 heavy (non-hydrogen) atoms. The van der Waals surface area contributed by atoms with E-state index in [0.29, 0.717) is 19.4 Å². The minimum Gasteiger partial charge on any atom is -0.273 e. The second kappa shape index (κ2) is 8.49. The van der Waals surface area contributed by atoms with E-state index in [0.717, 1.165) is 5.56 Å². The van der Waals surface area contributed by atoms with E-state index in [1.54, 1.807) is 36.4 Å². The summed E-state index contributed by atoms with van der Waals surface area (Å²) in [7, 11) is -3.66. The summed E-state index contributed by atoms with van der Waals surface area (Å²) in [5.41, 5.74) is 5.84. The standard InChI is InChI=1S/C19H22N4O4S/c1-14-7-9-16(10-8-14)28(26,27)23-12-4-5-15(13-23)18(24)21-22-19(25)17-6-2-3-11-20-17/h2-3,6-11,15H,4-5,12-13H2,1H3,(H,21,24)(H,22,25)/t15-/m0/s1. The average Bonchev–Trinajstić information content (AvgIpc) is 2.72. The molecule has 0 unspecified atom stereocenters. The first-order valence-corrected chi connectivity index (χ1v) is 10.4. The number of amides is 2. The summed E-state index contributed by atoms with van der Waals surface area (Å²) in [5, 5.41) is 0. The van der Waals surface area contributed by atoms with E-state index >= 15 is 0 Å².